The lowest BCUT2D eigenvalue weighted by molar-refractivity contribution is 1.05. The molecular weight excluding hydrogens is 204 g/mol. The third kappa shape index (κ3) is 2.36. The van der Waals surface area contributed by atoms with Crippen molar-refractivity contribution in [1.82, 2.24) is 4.98 Å². The van der Waals surface area contributed by atoms with Crippen LogP contribution in [0.1, 0.15) is 16.8 Å². The Kier molecular flexibility index (Phi) is 3.02. The first-order chi connectivity index (χ1) is 7.27. The van der Waals surface area contributed by atoms with Crippen molar-refractivity contribution in [2.24, 2.45) is 0 Å². The molecule has 2 aromatic heterocycles. The number of aromatic nitrogens is 1. The quantitative estimate of drug-likeness (QED) is 0.854. The van der Waals surface area contributed by atoms with E-state index in [0.29, 0.717) is 0 Å². The van der Waals surface area contributed by atoms with E-state index in [2.05, 4.69) is 34.1 Å². The monoisotopic (exact) mass is 218 g/mol. The zero-order chi connectivity index (χ0) is 10.7. The van der Waals surface area contributed by atoms with E-state index in [1.165, 1.54) is 16.8 Å². The largest absolute Gasteiger partial charge is 0.380 e. The van der Waals surface area contributed by atoms with Crippen LogP contribution in [-0.2, 0) is 6.54 Å². The summed E-state index contributed by atoms with van der Waals surface area (Å²) in [5, 5.41) is 7.71. The van der Waals surface area contributed by atoms with Crippen molar-refractivity contribution in [1.29, 1.82) is 0 Å². The summed E-state index contributed by atoms with van der Waals surface area (Å²) in [7, 11) is 0. The zero-order valence-electron chi connectivity index (χ0n) is 8.95. The first kappa shape index (κ1) is 10.2. The van der Waals surface area contributed by atoms with E-state index in [0.717, 1.165) is 12.2 Å². The number of aryl methyl sites for hydroxylation is 2. The minimum absolute atomic E-state index is 0.844. The second-order valence-corrected chi connectivity index (χ2v) is 4.31. The Balaban J connectivity index is 2.06. The maximum absolute atomic E-state index is 4.26. The summed E-state index contributed by atoms with van der Waals surface area (Å²) in [4.78, 5) is 4.26. The Morgan fingerprint density at radius 3 is 2.87 bits per heavy atom. The second kappa shape index (κ2) is 4.45. The lowest BCUT2D eigenvalue weighted by atomic mass is 10.2. The van der Waals surface area contributed by atoms with E-state index in [1.807, 2.05) is 19.2 Å². The lowest BCUT2D eigenvalue weighted by Gasteiger charge is -2.07. The lowest BCUT2D eigenvalue weighted by Crippen LogP contribution is -2.02. The number of anilines is 1. The van der Waals surface area contributed by atoms with Crippen molar-refractivity contribution in [2.45, 2.75) is 20.4 Å². The first-order valence-electron chi connectivity index (χ1n) is 4.94. The molecule has 2 nitrogen and oxygen atoms in total. The molecule has 0 unspecified atom stereocenters. The van der Waals surface area contributed by atoms with Gasteiger partial charge in [0.25, 0.3) is 0 Å². The molecule has 0 atom stereocenters. The Morgan fingerprint density at radius 1 is 1.33 bits per heavy atom. The summed E-state index contributed by atoms with van der Waals surface area (Å²) in [6.45, 7) is 5.00. The van der Waals surface area contributed by atoms with Gasteiger partial charge in [-0.1, -0.05) is 6.07 Å². The van der Waals surface area contributed by atoms with Crippen LogP contribution in [0.5, 0.6) is 0 Å². The van der Waals surface area contributed by atoms with Gasteiger partial charge < -0.3 is 5.32 Å². The molecule has 15 heavy (non-hydrogen) atoms. The van der Waals surface area contributed by atoms with Gasteiger partial charge in [-0.2, -0.15) is 0 Å². The maximum Gasteiger partial charge on any atom is 0.0481 e. The van der Waals surface area contributed by atoms with E-state index < -0.39 is 0 Å². The molecule has 78 valence electrons. The van der Waals surface area contributed by atoms with Crippen molar-refractivity contribution in [3.05, 3.63) is 45.9 Å². The van der Waals surface area contributed by atoms with Crippen molar-refractivity contribution >= 4 is 17.0 Å². The molecule has 0 bridgehead atoms. The third-order valence-electron chi connectivity index (χ3n) is 2.44. The molecule has 1 N–H and O–H groups in total. The zero-order valence-corrected chi connectivity index (χ0v) is 9.77. The van der Waals surface area contributed by atoms with Crippen molar-refractivity contribution < 1.29 is 0 Å². The molecule has 2 heterocycles. The van der Waals surface area contributed by atoms with Gasteiger partial charge in [0, 0.05) is 29.5 Å². The minimum Gasteiger partial charge on any atom is -0.380 e. The molecule has 0 radical (unpaired) electrons. The van der Waals surface area contributed by atoms with E-state index >= 15 is 0 Å². The number of hydrogen-bond acceptors (Lipinski definition) is 3. The Bertz CT molecular complexity index is 448. The van der Waals surface area contributed by atoms with Crippen LogP contribution in [0, 0.1) is 13.8 Å². The van der Waals surface area contributed by atoms with E-state index in [-0.39, 0.29) is 0 Å². The summed E-state index contributed by atoms with van der Waals surface area (Å²) < 4.78 is 0. The van der Waals surface area contributed by atoms with Gasteiger partial charge in [0.15, 0.2) is 0 Å². The van der Waals surface area contributed by atoms with E-state index in [4.69, 9.17) is 0 Å². The molecule has 0 aromatic carbocycles. The molecule has 0 aliphatic carbocycles. The van der Waals surface area contributed by atoms with Gasteiger partial charge >= 0.3 is 0 Å². The molecule has 3 heteroatoms. The summed E-state index contributed by atoms with van der Waals surface area (Å²) in [6, 6.07) is 4.08. The average molecular weight is 218 g/mol. The Labute approximate surface area is 94.0 Å². The fourth-order valence-electron chi connectivity index (χ4n) is 1.44. The highest BCUT2D eigenvalue weighted by molar-refractivity contribution is 7.08. The molecule has 0 amide bonds. The third-order valence-corrected chi connectivity index (χ3v) is 3.30. The van der Waals surface area contributed by atoms with Gasteiger partial charge in [-0.3, -0.25) is 4.98 Å². The number of nitrogens with zero attached hydrogens (tertiary/aromatic N) is 1. The number of hydrogen-bond donors (Lipinski definition) is 1. The SMILES string of the molecule is Cc1cscc1NCc1cccnc1C. The van der Waals surface area contributed by atoms with Crippen LogP contribution >= 0.6 is 11.3 Å². The molecular formula is C12H14N2S. The number of rotatable bonds is 3. The molecule has 0 spiro atoms. The summed E-state index contributed by atoms with van der Waals surface area (Å²) >= 11 is 1.73. The highest BCUT2D eigenvalue weighted by Crippen LogP contribution is 2.20. The summed E-state index contributed by atoms with van der Waals surface area (Å²) in [5.74, 6) is 0. The minimum atomic E-state index is 0.844. The fraction of sp³-hybridized carbons (Fsp3) is 0.250. The molecule has 2 aromatic rings. The molecule has 0 saturated carbocycles. The standard InChI is InChI=1S/C12H14N2S/c1-9-7-15-8-12(9)14-6-11-4-3-5-13-10(11)2/h3-5,7-8,14H,6H2,1-2H3. The number of pyridine rings is 1. The van der Waals surface area contributed by atoms with Crippen LogP contribution in [0.3, 0.4) is 0 Å². The van der Waals surface area contributed by atoms with Gasteiger partial charge in [-0.05, 0) is 36.4 Å². The summed E-state index contributed by atoms with van der Waals surface area (Å²) in [6.07, 6.45) is 1.83. The maximum atomic E-state index is 4.26. The van der Waals surface area contributed by atoms with Gasteiger partial charge in [-0.15, -0.1) is 11.3 Å². The van der Waals surface area contributed by atoms with E-state index in [9.17, 15) is 0 Å². The fourth-order valence-corrected chi connectivity index (χ4v) is 2.24. The molecule has 2 rings (SSSR count). The molecule has 0 aliphatic heterocycles. The Morgan fingerprint density at radius 2 is 2.20 bits per heavy atom. The van der Waals surface area contributed by atoms with Crippen LogP contribution in [0.2, 0.25) is 0 Å². The van der Waals surface area contributed by atoms with Crippen LogP contribution in [0.15, 0.2) is 29.1 Å². The topological polar surface area (TPSA) is 24.9 Å². The number of thiophene rings is 1. The van der Waals surface area contributed by atoms with Crippen LogP contribution < -0.4 is 5.32 Å². The van der Waals surface area contributed by atoms with Gasteiger partial charge in [0.05, 0.1) is 0 Å². The van der Waals surface area contributed by atoms with Crippen molar-refractivity contribution in [3.63, 3.8) is 0 Å². The second-order valence-electron chi connectivity index (χ2n) is 3.57. The predicted molar refractivity (Wildman–Crippen MR) is 65.4 cm³/mol. The van der Waals surface area contributed by atoms with Gasteiger partial charge in [0.2, 0.25) is 0 Å². The highest BCUT2D eigenvalue weighted by atomic mass is 32.1. The highest BCUT2D eigenvalue weighted by Gasteiger charge is 2.00. The average Bonchev–Trinajstić information content (AvgIpc) is 2.63. The van der Waals surface area contributed by atoms with Crippen LogP contribution in [0.25, 0.3) is 0 Å². The normalized spacial score (nSPS) is 10.3. The summed E-state index contributed by atoms with van der Waals surface area (Å²) in [5.41, 5.74) is 4.88. The van der Waals surface area contributed by atoms with Gasteiger partial charge in [-0.25, -0.2) is 0 Å². The number of nitrogens with one attached hydrogen (secondary N) is 1. The van der Waals surface area contributed by atoms with Crippen molar-refractivity contribution in [3.8, 4) is 0 Å². The van der Waals surface area contributed by atoms with Crippen LogP contribution in [-0.4, -0.2) is 4.98 Å². The van der Waals surface area contributed by atoms with Crippen molar-refractivity contribution in [2.75, 3.05) is 5.32 Å². The molecule has 0 saturated heterocycles. The van der Waals surface area contributed by atoms with Crippen LogP contribution in [0.4, 0.5) is 5.69 Å². The molecule has 0 aliphatic rings. The predicted octanol–water partition coefficient (Wildman–Crippen LogP) is 3.37. The molecule has 0 fully saturated rings. The van der Waals surface area contributed by atoms with E-state index in [1.54, 1.807) is 11.3 Å². The smallest absolute Gasteiger partial charge is 0.0481 e. The van der Waals surface area contributed by atoms with Gasteiger partial charge in [0.1, 0.15) is 0 Å². The first-order valence-corrected chi connectivity index (χ1v) is 5.89. The Hall–Kier alpha value is -1.35.